The molecule has 0 fully saturated rings. The van der Waals surface area contributed by atoms with Crippen LogP contribution >= 0.6 is 0 Å². The van der Waals surface area contributed by atoms with E-state index in [0.29, 0.717) is 18.7 Å². The SMILES string of the molecule is C=CCNC(=O)[C@H](C)OC(=O)c1cc(C)n(Cc2ccco2)c1C. The molecule has 0 saturated heterocycles. The largest absolute Gasteiger partial charge is 0.467 e. The van der Waals surface area contributed by atoms with E-state index in [0.717, 1.165) is 17.1 Å². The van der Waals surface area contributed by atoms with Crippen LogP contribution in [-0.2, 0) is 16.1 Å². The van der Waals surface area contributed by atoms with Crippen molar-refractivity contribution < 1.29 is 18.7 Å². The van der Waals surface area contributed by atoms with Gasteiger partial charge in [0.1, 0.15) is 5.76 Å². The van der Waals surface area contributed by atoms with E-state index in [2.05, 4.69) is 11.9 Å². The van der Waals surface area contributed by atoms with Crippen molar-refractivity contribution in [2.45, 2.75) is 33.4 Å². The number of ether oxygens (including phenoxy) is 1. The highest BCUT2D eigenvalue weighted by atomic mass is 16.5. The molecule has 1 atom stereocenters. The number of hydrogen-bond acceptors (Lipinski definition) is 4. The lowest BCUT2D eigenvalue weighted by atomic mass is 10.2. The number of aromatic nitrogens is 1. The van der Waals surface area contributed by atoms with E-state index in [-0.39, 0.29) is 5.91 Å². The van der Waals surface area contributed by atoms with Crippen LogP contribution in [0.5, 0.6) is 0 Å². The molecule has 0 bridgehead atoms. The lowest BCUT2D eigenvalue weighted by Gasteiger charge is -2.13. The van der Waals surface area contributed by atoms with Crippen LogP contribution < -0.4 is 5.32 Å². The molecule has 0 unspecified atom stereocenters. The third-order valence-corrected chi connectivity index (χ3v) is 3.76. The zero-order chi connectivity index (χ0) is 17.7. The summed E-state index contributed by atoms with van der Waals surface area (Å²) in [4.78, 5) is 24.1. The molecule has 2 aromatic heterocycles. The molecule has 0 saturated carbocycles. The second-order valence-electron chi connectivity index (χ2n) is 5.53. The molecule has 0 aliphatic heterocycles. The zero-order valence-corrected chi connectivity index (χ0v) is 14.2. The molecule has 0 aliphatic carbocycles. The summed E-state index contributed by atoms with van der Waals surface area (Å²) in [6.45, 7) is 9.68. The second-order valence-corrected chi connectivity index (χ2v) is 5.53. The van der Waals surface area contributed by atoms with Crippen molar-refractivity contribution in [3.05, 3.63) is 59.8 Å². The highest BCUT2D eigenvalue weighted by Crippen LogP contribution is 2.19. The molecular weight excluding hydrogens is 308 g/mol. The van der Waals surface area contributed by atoms with E-state index in [1.807, 2.05) is 30.5 Å². The summed E-state index contributed by atoms with van der Waals surface area (Å²) < 4.78 is 12.6. The fraction of sp³-hybridized carbons (Fsp3) is 0.333. The summed E-state index contributed by atoms with van der Waals surface area (Å²) in [6, 6.07) is 5.46. The number of esters is 1. The van der Waals surface area contributed by atoms with Crippen molar-refractivity contribution in [2.24, 2.45) is 0 Å². The van der Waals surface area contributed by atoms with Gasteiger partial charge in [-0.15, -0.1) is 6.58 Å². The summed E-state index contributed by atoms with van der Waals surface area (Å²) in [5, 5.41) is 2.60. The number of nitrogens with zero attached hydrogens (tertiary/aromatic N) is 1. The van der Waals surface area contributed by atoms with Crippen molar-refractivity contribution in [3.63, 3.8) is 0 Å². The molecule has 0 radical (unpaired) electrons. The van der Waals surface area contributed by atoms with Gasteiger partial charge in [0.05, 0.1) is 18.4 Å². The van der Waals surface area contributed by atoms with Crippen LogP contribution in [-0.4, -0.2) is 29.1 Å². The first-order valence-electron chi connectivity index (χ1n) is 7.72. The molecule has 1 N–H and O–H groups in total. The van der Waals surface area contributed by atoms with Crippen molar-refractivity contribution in [3.8, 4) is 0 Å². The van der Waals surface area contributed by atoms with Gasteiger partial charge in [-0.2, -0.15) is 0 Å². The third kappa shape index (κ3) is 3.95. The first kappa shape index (κ1) is 17.6. The maximum Gasteiger partial charge on any atom is 0.340 e. The first-order chi connectivity index (χ1) is 11.4. The summed E-state index contributed by atoms with van der Waals surface area (Å²) in [7, 11) is 0. The Morgan fingerprint density at radius 2 is 2.21 bits per heavy atom. The summed E-state index contributed by atoms with van der Waals surface area (Å²) >= 11 is 0. The topological polar surface area (TPSA) is 73.5 Å². The molecule has 24 heavy (non-hydrogen) atoms. The lowest BCUT2D eigenvalue weighted by Crippen LogP contribution is -2.35. The fourth-order valence-corrected chi connectivity index (χ4v) is 2.40. The number of amides is 1. The molecular formula is C18H22N2O4. The van der Waals surface area contributed by atoms with E-state index < -0.39 is 12.1 Å². The van der Waals surface area contributed by atoms with Gasteiger partial charge in [-0.25, -0.2) is 4.79 Å². The average molecular weight is 330 g/mol. The van der Waals surface area contributed by atoms with Gasteiger partial charge in [-0.1, -0.05) is 6.08 Å². The second kappa shape index (κ2) is 7.68. The summed E-state index contributed by atoms with van der Waals surface area (Å²) in [5.41, 5.74) is 2.13. The molecule has 2 heterocycles. The molecule has 0 aromatic carbocycles. The fourth-order valence-electron chi connectivity index (χ4n) is 2.40. The number of carbonyl (C=O) groups excluding carboxylic acids is 2. The van der Waals surface area contributed by atoms with Crippen LogP contribution in [0.4, 0.5) is 0 Å². The Labute approximate surface area is 141 Å². The third-order valence-electron chi connectivity index (χ3n) is 3.76. The van der Waals surface area contributed by atoms with Gasteiger partial charge >= 0.3 is 5.97 Å². The normalized spacial score (nSPS) is 11.8. The predicted molar refractivity (Wildman–Crippen MR) is 89.8 cm³/mol. The number of rotatable bonds is 7. The Balaban J connectivity index is 2.10. The van der Waals surface area contributed by atoms with Gasteiger partial charge in [0.15, 0.2) is 6.10 Å². The Morgan fingerprint density at radius 1 is 1.46 bits per heavy atom. The standard InChI is InChI=1S/C18H22N2O4/c1-5-8-19-17(21)14(4)24-18(22)16-10-12(2)20(13(16)3)11-15-7-6-9-23-15/h5-7,9-10,14H,1,8,11H2,2-4H3,(H,19,21)/t14-/m0/s1. The minimum atomic E-state index is -0.870. The van der Waals surface area contributed by atoms with Crippen LogP contribution in [0, 0.1) is 13.8 Å². The van der Waals surface area contributed by atoms with E-state index in [1.165, 1.54) is 0 Å². The van der Waals surface area contributed by atoms with Crippen molar-refractivity contribution in [1.29, 1.82) is 0 Å². The zero-order valence-electron chi connectivity index (χ0n) is 14.2. The minimum absolute atomic E-state index is 0.332. The minimum Gasteiger partial charge on any atom is -0.467 e. The van der Waals surface area contributed by atoms with Crippen molar-refractivity contribution in [2.75, 3.05) is 6.54 Å². The quantitative estimate of drug-likeness (QED) is 0.625. The van der Waals surface area contributed by atoms with Gasteiger partial charge in [0.25, 0.3) is 5.91 Å². The van der Waals surface area contributed by atoms with Crippen LogP contribution in [0.3, 0.4) is 0 Å². The lowest BCUT2D eigenvalue weighted by molar-refractivity contribution is -0.128. The van der Waals surface area contributed by atoms with Crippen LogP contribution in [0.2, 0.25) is 0 Å². The van der Waals surface area contributed by atoms with Crippen LogP contribution in [0.1, 0.15) is 34.4 Å². The average Bonchev–Trinajstić information content (AvgIpc) is 3.16. The molecule has 1 amide bonds. The molecule has 128 valence electrons. The summed E-state index contributed by atoms with van der Waals surface area (Å²) in [6.07, 6.45) is 2.31. The number of furan rings is 1. The number of carbonyl (C=O) groups is 2. The maximum atomic E-state index is 12.4. The monoisotopic (exact) mass is 330 g/mol. The van der Waals surface area contributed by atoms with Crippen molar-refractivity contribution in [1.82, 2.24) is 9.88 Å². The smallest absolute Gasteiger partial charge is 0.340 e. The highest BCUT2D eigenvalue weighted by molar-refractivity contribution is 5.93. The van der Waals surface area contributed by atoms with Crippen molar-refractivity contribution >= 4 is 11.9 Å². The number of aryl methyl sites for hydroxylation is 1. The van der Waals surface area contributed by atoms with Gasteiger partial charge in [0, 0.05) is 17.9 Å². The number of nitrogens with one attached hydrogen (secondary N) is 1. The summed E-state index contributed by atoms with van der Waals surface area (Å²) in [5.74, 6) is -0.0726. The Kier molecular flexibility index (Phi) is 5.63. The van der Waals surface area contributed by atoms with Gasteiger partial charge in [0.2, 0.25) is 0 Å². The van der Waals surface area contributed by atoms with E-state index >= 15 is 0 Å². The first-order valence-corrected chi connectivity index (χ1v) is 7.72. The maximum absolute atomic E-state index is 12.4. The molecule has 6 heteroatoms. The molecule has 2 rings (SSSR count). The van der Waals surface area contributed by atoms with Gasteiger partial charge in [-0.3, -0.25) is 4.79 Å². The van der Waals surface area contributed by atoms with Gasteiger partial charge < -0.3 is 19.0 Å². The Morgan fingerprint density at radius 3 is 2.83 bits per heavy atom. The molecule has 6 nitrogen and oxygen atoms in total. The van der Waals surface area contributed by atoms with Gasteiger partial charge in [-0.05, 0) is 39.0 Å². The Hall–Kier alpha value is -2.76. The molecule has 0 spiro atoms. The Bertz CT molecular complexity index is 729. The molecule has 0 aliphatic rings. The van der Waals surface area contributed by atoms with E-state index in [1.54, 1.807) is 25.3 Å². The van der Waals surface area contributed by atoms with Crippen LogP contribution in [0.25, 0.3) is 0 Å². The predicted octanol–water partition coefficient (Wildman–Crippen LogP) is 2.59. The van der Waals surface area contributed by atoms with Crippen LogP contribution in [0.15, 0.2) is 41.5 Å². The number of hydrogen-bond donors (Lipinski definition) is 1. The van der Waals surface area contributed by atoms with E-state index in [9.17, 15) is 9.59 Å². The molecule has 2 aromatic rings. The van der Waals surface area contributed by atoms with E-state index in [4.69, 9.17) is 9.15 Å². The highest BCUT2D eigenvalue weighted by Gasteiger charge is 2.22.